The van der Waals surface area contributed by atoms with E-state index >= 15 is 0 Å². The minimum absolute atomic E-state index is 0.00473. The van der Waals surface area contributed by atoms with E-state index in [1.54, 1.807) is 43.3 Å². The lowest BCUT2D eigenvalue weighted by Crippen LogP contribution is -2.47. The van der Waals surface area contributed by atoms with E-state index < -0.39 is 24.1 Å². The second-order valence-corrected chi connectivity index (χ2v) is 7.96. The van der Waals surface area contributed by atoms with Crippen molar-refractivity contribution in [2.45, 2.75) is 20.1 Å². The van der Waals surface area contributed by atoms with Crippen LogP contribution in [0.2, 0.25) is 0 Å². The van der Waals surface area contributed by atoms with Crippen molar-refractivity contribution in [1.82, 2.24) is 5.32 Å². The number of hydrogen-bond donors (Lipinski definition) is 2. The molecule has 0 aliphatic carbocycles. The number of hydrogen-bond acceptors (Lipinski definition) is 8. The van der Waals surface area contributed by atoms with E-state index in [1.165, 1.54) is 24.3 Å². The van der Waals surface area contributed by atoms with Crippen molar-refractivity contribution < 1.29 is 33.0 Å². The van der Waals surface area contributed by atoms with Crippen LogP contribution >= 0.6 is 0 Å². The lowest BCUT2D eigenvalue weighted by molar-refractivity contribution is 0.0492. The molecule has 0 saturated heterocycles. The van der Waals surface area contributed by atoms with Gasteiger partial charge in [-0.3, -0.25) is 10.7 Å². The number of amides is 2. The highest BCUT2D eigenvalue weighted by molar-refractivity contribution is 6.16. The van der Waals surface area contributed by atoms with Gasteiger partial charge in [0, 0.05) is 5.39 Å². The summed E-state index contributed by atoms with van der Waals surface area (Å²) in [7, 11) is 0. The van der Waals surface area contributed by atoms with Gasteiger partial charge in [-0.05, 0) is 42.3 Å². The average Bonchev–Trinajstić information content (AvgIpc) is 3.36. The number of alkyl carbamates (subject to hydrolysis) is 1. The third-order valence-corrected chi connectivity index (χ3v) is 5.28. The maximum Gasteiger partial charge on any atom is 0.421 e. The van der Waals surface area contributed by atoms with Crippen molar-refractivity contribution in [2.75, 3.05) is 11.5 Å². The Morgan fingerprint density at radius 1 is 0.842 bits per heavy atom. The van der Waals surface area contributed by atoms with Gasteiger partial charge in [0.2, 0.25) is 11.7 Å². The molecule has 0 saturated carbocycles. The molecule has 4 rings (SSSR count). The molecule has 10 nitrogen and oxygen atoms in total. The molecule has 10 heteroatoms. The summed E-state index contributed by atoms with van der Waals surface area (Å²) in [6.07, 6.45) is -1.83. The molecule has 1 aromatic heterocycles. The average molecular weight is 516 g/mol. The third-order valence-electron chi connectivity index (χ3n) is 5.28. The SMILES string of the molecule is CCOC(=O)c1cc2cc(N(C(=N)NC(=O)OCc3ccccc3)C(=O)OCc3ccccc3)ccc2o1. The highest BCUT2D eigenvalue weighted by atomic mass is 16.6. The first kappa shape index (κ1) is 26.0. The second kappa shape index (κ2) is 12.2. The van der Waals surface area contributed by atoms with Gasteiger partial charge in [0.1, 0.15) is 18.8 Å². The number of carbonyl (C=O) groups excluding carboxylic acids is 3. The Morgan fingerprint density at radius 3 is 2.11 bits per heavy atom. The monoisotopic (exact) mass is 515 g/mol. The normalized spacial score (nSPS) is 10.4. The molecule has 0 aliphatic heterocycles. The van der Waals surface area contributed by atoms with Gasteiger partial charge < -0.3 is 18.6 Å². The molecule has 0 unspecified atom stereocenters. The zero-order chi connectivity index (χ0) is 26.9. The lowest BCUT2D eigenvalue weighted by Gasteiger charge is -2.22. The largest absolute Gasteiger partial charge is 0.460 e. The summed E-state index contributed by atoms with van der Waals surface area (Å²) >= 11 is 0. The Labute approximate surface area is 218 Å². The molecular weight excluding hydrogens is 490 g/mol. The number of ether oxygens (including phenoxy) is 3. The van der Waals surface area contributed by atoms with Gasteiger partial charge in [0.05, 0.1) is 12.3 Å². The van der Waals surface area contributed by atoms with Crippen molar-refractivity contribution in [3.63, 3.8) is 0 Å². The summed E-state index contributed by atoms with van der Waals surface area (Å²) in [6, 6.07) is 24.1. The highest BCUT2D eigenvalue weighted by Gasteiger charge is 2.25. The first-order valence-corrected chi connectivity index (χ1v) is 11.7. The van der Waals surface area contributed by atoms with Gasteiger partial charge in [0.25, 0.3) is 0 Å². The van der Waals surface area contributed by atoms with E-state index in [-0.39, 0.29) is 31.3 Å². The van der Waals surface area contributed by atoms with Crippen LogP contribution in [0.1, 0.15) is 28.6 Å². The van der Waals surface area contributed by atoms with Crippen LogP contribution in [0.5, 0.6) is 0 Å². The van der Waals surface area contributed by atoms with E-state index in [1.807, 2.05) is 24.3 Å². The van der Waals surface area contributed by atoms with E-state index in [2.05, 4.69) is 5.32 Å². The number of guanidine groups is 1. The van der Waals surface area contributed by atoms with Gasteiger partial charge in [-0.1, -0.05) is 60.7 Å². The molecule has 2 amide bonds. The summed E-state index contributed by atoms with van der Waals surface area (Å²) in [5, 5.41) is 11.2. The number of furan rings is 1. The van der Waals surface area contributed by atoms with Crippen LogP contribution in [-0.2, 0) is 27.4 Å². The number of nitrogens with zero attached hydrogens (tertiary/aromatic N) is 1. The molecule has 3 aromatic carbocycles. The van der Waals surface area contributed by atoms with E-state index in [0.29, 0.717) is 11.0 Å². The number of rotatable bonds is 7. The maximum absolute atomic E-state index is 13.1. The molecular formula is C28H25N3O7. The van der Waals surface area contributed by atoms with Gasteiger partial charge >= 0.3 is 18.2 Å². The van der Waals surface area contributed by atoms with Crippen LogP contribution in [0.15, 0.2) is 89.3 Å². The van der Waals surface area contributed by atoms with E-state index in [0.717, 1.165) is 16.0 Å². The number of nitrogens with one attached hydrogen (secondary N) is 2. The number of fused-ring (bicyclic) bond motifs is 1. The number of carbonyl (C=O) groups is 3. The quantitative estimate of drug-likeness (QED) is 0.141. The van der Waals surface area contributed by atoms with Gasteiger partial charge in [-0.25, -0.2) is 19.3 Å². The fourth-order valence-corrected chi connectivity index (χ4v) is 3.49. The Hall–Kier alpha value is -5.12. The lowest BCUT2D eigenvalue weighted by atomic mass is 10.2. The molecule has 0 bridgehead atoms. The number of anilines is 1. The molecule has 1 heterocycles. The van der Waals surface area contributed by atoms with Crippen LogP contribution in [0.4, 0.5) is 15.3 Å². The van der Waals surface area contributed by atoms with E-state index in [9.17, 15) is 14.4 Å². The Balaban J connectivity index is 1.54. The summed E-state index contributed by atoms with van der Waals surface area (Å²) < 4.78 is 21.1. The molecule has 0 atom stereocenters. The van der Waals surface area contributed by atoms with Crippen molar-refractivity contribution in [1.29, 1.82) is 5.41 Å². The van der Waals surface area contributed by atoms with Gasteiger partial charge in [-0.15, -0.1) is 0 Å². The first-order chi connectivity index (χ1) is 18.4. The molecule has 194 valence electrons. The number of benzene rings is 3. The van der Waals surface area contributed by atoms with Crippen LogP contribution in [-0.4, -0.2) is 30.7 Å². The predicted molar refractivity (Wildman–Crippen MR) is 139 cm³/mol. The molecule has 4 aromatic rings. The molecule has 38 heavy (non-hydrogen) atoms. The minimum atomic E-state index is -0.923. The van der Waals surface area contributed by atoms with E-state index in [4.69, 9.17) is 24.0 Å². The maximum atomic E-state index is 13.1. The standard InChI is InChI=1S/C28H25N3O7/c1-2-35-25(32)24-16-21-15-22(13-14-23(21)38-24)31(28(34)37-18-20-11-7-4-8-12-20)26(29)30-27(33)36-17-19-9-5-3-6-10-19/h3-16H,2,17-18H2,1H3,(H2,29,30,33). The van der Waals surface area contributed by atoms with Gasteiger partial charge in [0.15, 0.2) is 0 Å². The summed E-state index contributed by atoms with van der Waals surface area (Å²) in [6.45, 7) is 1.80. The fourth-order valence-electron chi connectivity index (χ4n) is 3.49. The smallest absolute Gasteiger partial charge is 0.421 e. The van der Waals surface area contributed by atoms with Crippen molar-refractivity contribution in [3.05, 3.63) is 102 Å². The Kier molecular flexibility index (Phi) is 8.35. The zero-order valence-corrected chi connectivity index (χ0v) is 20.5. The fraction of sp³-hybridized carbons (Fsp3) is 0.143. The van der Waals surface area contributed by atoms with Gasteiger partial charge in [-0.2, -0.15) is 0 Å². The predicted octanol–water partition coefficient (Wildman–Crippen LogP) is 5.61. The number of esters is 1. The van der Waals surface area contributed by atoms with Crippen molar-refractivity contribution in [2.24, 2.45) is 0 Å². The van der Waals surface area contributed by atoms with Crippen LogP contribution in [0.25, 0.3) is 11.0 Å². The van der Waals surface area contributed by atoms with Crippen molar-refractivity contribution >= 4 is 40.8 Å². The topological polar surface area (TPSA) is 131 Å². The molecule has 2 N–H and O–H groups in total. The summed E-state index contributed by atoms with van der Waals surface area (Å²) in [4.78, 5) is 38.5. The molecule has 0 radical (unpaired) electrons. The molecule has 0 spiro atoms. The zero-order valence-electron chi connectivity index (χ0n) is 20.5. The Bertz CT molecular complexity index is 1430. The summed E-state index contributed by atoms with van der Waals surface area (Å²) in [5.74, 6) is -1.22. The van der Waals surface area contributed by atoms with Crippen LogP contribution in [0, 0.1) is 5.41 Å². The van der Waals surface area contributed by atoms with Crippen LogP contribution < -0.4 is 10.2 Å². The first-order valence-electron chi connectivity index (χ1n) is 11.7. The Morgan fingerprint density at radius 2 is 1.47 bits per heavy atom. The molecule has 0 fully saturated rings. The van der Waals surface area contributed by atoms with Crippen LogP contribution in [0.3, 0.4) is 0 Å². The third kappa shape index (κ3) is 6.55. The van der Waals surface area contributed by atoms with Crippen molar-refractivity contribution in [3.8, 4) is 0 Å². The minimum Gasteiger partial charge on any atom is -0.460 e. The highest BCUT2D eigenvalue weighted by Crippen LogP contribution is 2.26. The molecule has 0 aliphatic rings. The second-order valence-electron chi connectivity index (χ2n) is 7.96. The summed E-state index contributed by atoms with van der Waals surface area (Å²) in [5.41, 5.74) is 2.07.